The average molecular weight is 491 g/mol. The van der Waals surface area contributed by atoms with Gasteiger partial charge < -0.3 is 4.74 Å². The van der Waals surface area contributed by atoms with Crippen LogP contribution in [0, 0.1) is 13.8 Å². The smallest absolute Gasteiger partial charge is 0.289 e. The monoisotopic (exact) mass is 490 g/mol. The van der Waals surface area contributed by atoms with Gasteiger partial charge in [-0.05, 0) is 61.9 Å². The zero-order valence-corrected chi connectivity index (χ0v) is 20.6. The molecule has 1 amide bonds. The summed E-state index contributed by atoms with van der Waals surface area (Å²) in [6.45, 7) is 4.38. The van der Waals surface area contributed by atoms with Crippen LogP contribution in [-0.4, -0.2) is 32.1 Å². The molecule has 184 valence electrons. The Morgan fingerprint density at radius 1 is 1.00 bits per heavy atom. The van der Waals surface area contributed by atoms with E-state index in [-0.39, 0.29) is 5.91 Å². The first-order chi connectivity index (χ1) is 18.1. The first-order valence-electron chi connectivity index (χ1n) is 11.9. The van der Waals surface area contributed by atoms with Crippen LogP contribution in [0.15, 0.2) is 96.1 Å². The van der Waals surface area contributed by atoms with Gasteiger partial charge in [-0.3, -0.25) is 9.89 Å². The van der Waals surface area contributed by atoms with E-state index in [4.69, 9.17) is 4.74 Å². The number of amides is 1. The SMILES string of the molecule is Cc1nn(-c2ccccc2)c(C)c1/C=N/NC(=O)c1cc(-c2ccc(OCc3ccccc3)cc2)n[nH]1. The number of carbonyl (C=O) groups excluding carboxylic acids is 1. The van der Waals surface area contributed by atoms with Crippen molar-refractivity contribution in [1.82, 2.24) is 25.4 Å². The van der Waals surface area contributed by atoms with E-state index >= 15 is 0 Å². The normalized spacial score (nSPS) is 11.1. The highest BCUT2D eigenvalue weighted by Crippen LogP contribution is 2.22. The van der Waals surface area contributed by atoms with E-state index in [1.807, 2.05) is 103 Å². The van der Waals surface area contributed by atoms with Gasteiger partial charge in [0.25, 0.3) is 5.91 Å². The van der Waals surface area contributed by atoms with E-state index in [0.29, 0.717) is 18.0 Å². The molecule has 2 N–H and O–H groups in total. The zero-order valence-electron chi connectivity index (χ0n) is 20.6. The van der Waals surface area contributed by atoms with Crippen molar-refractivity contribution in [3.8, 4) is 22.7 Å². The third kappa shape index (κ3) is 5.48. The Labute approximate surface area is 214 Å². The first kappa shape index (κ1) is 23.7. The van der Waals surface area contributed by atoms with Crippen LogP contribution in [0.25, 0.3) is 16.9 Å². The summed E-state index contributed by atoms with van der Waals surface area (Å²) in [5.41, 5.74) is 9.06. The van der Waals surface area contributed by atoms with Gasteiger partial charge in [0, 0.05) is 11.1 Å². The molecule has 0 radical (unpaired) electrons. The lowest BCUT2D eigenvalue weighted by Crippen LogP contribution is -2.18. The number of aryl methyl sites for hydroxylation is 1. The second-order valence-corrected chi connectivity index (χ2v) is 8.50. The summed E-state index contributed by atoms with van der Waals surface area (Å²) >= 11 is 0. The average Bonchev–Trinajstić information content (AvgIpc) is 3.54. The van der Waals surface area contributed by atoms with E-state index in [9.17, 15) is 4.79 Å². The van der Waals surface area contributed by atoms with Crippen LogP contribution in [0.2, 0.25) is 0 Å². The summed E-state index contributed by atoms with van der Waals surface area (Å²) < 4.78 is 7.70. The number of hydrogen-bond acceptors (Lipinski definition) is 5. The summed E-state index contributed by atoms with van der Waals surface area (Å²) in [7, 11) is 0. The molecule has 2 heterocycles. The number of ether oxygens (including phenoxy) is 1. The van der Waals surface area contributed by atoms with Crippen LogP contribution >= 0.6 is 0 Å². The van der Waals surface area contributed by atoms with Crippen molar-refractivity contribution in [2.45, 2.75) is 20.5 Å². The van der Waals surface area contributed by atoms with Gasteiger partial charge in [0.1, 0.15) is 18.1 Å². The van der Waals surface area contributed by atoms with Crippen molar-refractivity contribution in [2.75, 3.05) is 0 Å². The fraction of sp³-hybridized carbons (Fsp3) is 0.103. The molecule has 3 aromatic carbocycles. The van der Waals surface area contributed by atoms with E-state index < -0.39 is 0 Å². The van der Waals surface area contributed by atoms with Gasteiger partial charge in [0.2, 0.25) is 0 Å². The van der Waals surface area contributed by atoms with Crippen LogP contribution in [0.1, 0.15) is 33.0 Å². The molecule has 5 rings (SSSR count). The predicted octanol–water partition coefficient (Wildman–Crippen LogP) is 5.22. The topological polar surface area (TPSA) is 97.2 Å². The molecule has 0 spiro atoms. The number of aromatic nitrogens is 4. The van der Waals surface area contributed by atoms with Crippen LogP contribution in [0.5, 0.6) is 5.75 Å². The maximum Gasteiger partial charge on any atom is 0.289 e. The standard InChI is InChI=1S/C29H26N6O2/c1-20-26(21(2)35(34-20)24-11-7-4-8-12-24)18-30-33-29(36)28-17-27(31-32-28)23-13-15-25(16-14-23)37-19-22-9-5-3-6-10-22/h3-18H,19H2,1-2H3,(H,31,32)(H,33,36)/b30-18+. The lowest BCUT2D eigenvalue weighted by atomic mass is 10.1. The lowest BCUT2D eigenvalue weighted by molar-refractivity contribution is 0.0950. The number of para-hydroxylation sites is 1. The predicted molar refractivity (Wildman–Crippen MR) is 143 cm³/mol. The van der Waals surface area contributed by atoms with Crippen molar-refractivity contribution in [2.24, 2.45) is 5.10 Å². The molecule has 0 unspecified atom stereocenters. The summed E-state index contributed by atoms with van der Waals surface area (Å²) in [5, 5.41) is 15.8. The fourth-order valence-corrected chi connectivity index (χ4v) is 3.93. The fourth-order valence-electron chi connectivity index (χ4n) is 3.93. The molecular formula is C29H26N6O2. The second kappa shape index (κ2) is 10.7. The maximum absolute atomic E-state index is 12.6. The minimum Gasteiger partial charge on any atom is -0.489 e. The lowest BCUT2D eigenvalue weighted by Gasteiger charge is -2.06. The quantitative estimate of drug-likeness (QED) is 0.230. The first-order valence-corrected chi connectivity index (χ1v) is 11.9. The van der Waals surface area contributed by atoms with Gasteiger partial charge in [-0.25, -0.2) is 10.1 Å². The number of nitrogens with one attached hydrogen (secondary N) is 2. The van der Waals surface area contributed by atoms with Gasteiger partial charge in [-0.15, -0.1) is 0 Å². The number of nitrogens with zero attached hydrogens (tertiary/aromatic N) is 4. The molecule has 0 aliphatic heterocycles. The zero-order chi connectivity index (χ0) is 25.6. The summed E-state index contributed by atoms with van der Waals surface area (Å²) in [5.74, 6) is 0.375. The highest BCUT2D eigenvalue weighted by Gasteiger charge is 2.13. The molecule has 0 aliphatic rings. The minimum absolute atomic E-state index is 0.310. The Morgan fingerprint density at radius 3 is 2.43 bits per heavy atom. The number of H-pyrrole nitrogens is 1. The van der Waals surface area contributed by atoms with Crippen molar-refractivity contribution in [3.63, 3.8) is 0 Å². The molecule has 0 aliphatic carbocycles. The number of benzene rings is 3. The summed E-state index contributed by atoms with van der Waals surface area (Å²) in [4.78, 5) is 12.6. The number of carbonyl (C=O) groups is 1. The molecule has 37 heavy (non-hydrogen) atoms. The van der Waals surface area contributed by atoms with E-state index in [1.54, 1.807) is 12.3 Å². The van der Waals surface area contributed by atoms with Gasteiger partial charge in [0.05, 0.1) is 29.0 Å². The molecule has 0 saturated carbocycles. The highest BCUT2D eigenvalue weighted by molar-refractivity contribution is 5.94. The Kier molecular flexibility index (Phi) is 6.89. The van der Waals surface area contributed by atoms with Crippen molar-refractivity contribution >= 4 is 12.1 Å². The highest BCUT2D eigenvalue weighted by atomic mass is 16.5. The molecule has 0 fully saturated rings. The van der Waals surface area contributed by atoms with Gasteiger partial charge >= 0.3 is 0 Å². The molecule has 2 aromatic heterocycles. The molecule has 8 nitrogen and oxygen atoms in total. The molecule has 8 heteroatoms. The number of rotatable bonds is 8. The van der Waals surface area contributed by atoms with E-state index in [0.717, 1.165) is 39.5 Å². The van der Waals surface area contributed by atoms with Crippen molar-refractivity contribution in [1.29, 1.82) is 0 Å². The maximum atomic E-state index is 12.6. The van der Waals surface area contributed by atoms with E-state index in [2.05, 4.69) is 25.8 Å². The van der Waals surface area contributed by atoms with E-state index in [1.165, 1.54) is 0 Å². The molecule has 0 saturated heterocycles. The number of hydrogen-bond donors (Lipinski definition) is 2. The molecular weight excluding hydrogens is 464 g/mol. The Bertz CT molecular complexity index is 1520. The van der Waals surface area contributed by atoms with Crippen molar-refractivity contribution in [3.05, 3.63) is 119 Å². The number of hydrazone groups is 1. The third-order valence-corrected chi connectivity index (χ3v) is 5.93. The van der Waals surface area contributed by atoms with Crippen molar-refractivity contribution < 1.29 is 9.53 Å². The van der Waals surface area contributed by atoms with Gasteiger partial charge in [-0.1, -0.05) is 48.5 Å². The molecule has 5 aromatic rings. The van der Waals surface area contributed by atoms with Crippen LogP contribution in [-0.2, 0) is 6.61 Å². The third-order valence-electron chi connectivity index (χ3n) is 5.93. The summed E-state index contributed by atoms with van der Waals surface area (Å²) in [6.07, 6.45) is 1.61. The largest absolute Gasteiger partial charge is 0.489 e. The van der Waals surface area contributed by atoms with Crippen LogP contribution in [0.4, 0.5) is 0 Å². The van der Waals surface area contributed by atoms with Crippen LogP contribution < -0.4 is 10.2 Å². The van der Waals surface area contributed by atoms with Gasteiger partial charge in [0.15, 0.2) is 0 Å². The molecule has 0 atom stereocenters. The summed E-state index contributed by atoms with van der Waals surface area (Å²) in [6, 6.07) is 29.1. The number of aromatic amines is 1. The molecule has 0 bridgehead atoms. The minimum atomic E-state index is -0.386. The van der Waals surface area contributed by atoms with Crippen LogP contribution in [0.3, 0.4) is 0 Å². The second-order valence-electron chi connectivity index (χ2n) is 8.50. The Balaban J connectivity index is 1.20. The van der Waals surface area contributed by atoms with Gasteiger partial charge in [-0.2, -0.15) is 15.3 Å². The Hall–Kier alpha value is -4.98. The Morgan fingerprint density at radius 2 is 1.70 bits per heavy atom.